The number of ether oxygens (including phenoxy) is 4. The molecule has 1 fully saturated rings. The second kappa shape index (κ2) is 13.7. The van der Waals surface area contributed by atoms with Crippen LogP contribution >= 0.6 is 0 Å². The maximum Gasteiger partial charge on any atom is 0.330 e. The van der Waals surface area contributed by atoms with Crippen LogP contribution in [0.4, 0.5) is 0 Å². The summed E-state index contributed by atoms with van der Waals surface area (Å²) in [6.07, 6.45) is 4.25. The Morgan fingerprint density at radius 3 is 2.44 bits per heavy atom. The fourth-order valence-corrected chi connectivity index (χ4v) is 4.81. The zero-order valence-electron chi connectivity index (χ0n) is 23.0. The molecule has 208 valence electrons. The second-order valence-electron chi connectivity index (χ2n) is 9.60. The Morgan fingerprint density at radius 2 is 1.66 bits per heavy atom. The topological polar surface area (TPSA) is 71.1 Å². The van der Waals surface area contributed by atoms with E-state index in [9.17, 15) is 9.59 Å². The number of carbonyl (C=O) groups excluding carboxylic acids is 2. The van der Waals surface area contributed by atoms with Crippen LogP contribution in [0.1, 0.15) is 34.0 Å². The Bertz CT molecular complexity index is 1520. The van der Waals surface area contributed by atoms with Crippen LogP contribution in [0, 0.1) is 0 Å². The normalized spacial score (nSPS) is 13.4. The van der Waals surface area contributed by atoms with Gasteiger partial charge in [0.25, 0.3) is 0 Å². The van der Waals surface area contributed by atoms with Gasteiger partial charge in [0.2, 0.25) is 0 Å². The minimum atomic E-state index is -0.415. The van der Waals surface area contributed by atoms with E-state index in [1.807, 2.05) is 84.9 Å². The summed E-state index contributed by atoms with van der Waals surface area (Å²) in [6, 6.07) is 29.6. The van der Waals surface area contributed by atoms with Crippen molar-refractivity contribution in [2.24, 2.45) is 0 Å². The van der Waals surface area contributed by atoms with E-state index in [4.69, 9.17) is 18.9 Å². The lowest BCUT2D eigenvalue weighted by Crippen LogP contribution is -2.12. The van der Waals surface area contributed by atoms with E-state index in [-0.39, 0.29) is 6.29 Å². The summed E-state index contributed by atoms with van der Waals surface area (Å²) >= 11 is 0. The summed E-state index contributed by atoms with van der Waals surface area (Å²) in [5.74, 6) is 0.344. The number of carbonyl (C=O) groups is 2. The third-order valence-electron chi connectivity index (χ3n) is 6.78. The first-order chi connectivity index (χ1) is 20.1. The van der Waals surface area contributed by atoms with Crippen molar-refractivity contribution >= 4 is 18.3 Å². The highest BCUT2D eigenvalue weighted by Crippen LogP contribution is 2.34. The highest BCUT2D eigenvalue weighted by molar-refractivity contribution is 5.91. The highest BCUT2D eigenvalue weighted by atomic mass is 16.7. The van der Waals surface area contributed by atoms with E-state index in [0.717, 1.165) is 51.0 Å². The summed E-state index contributed by atoms with van der Waals surface area (Å²) in [7, 11) is 0. The molecule has 1 heterocycles. The molecule has 0 aromatic heterocycles. The first-order valence-corrected chi connectivity index (χ1v) is 13.7. The van der Waals surface area contributed by atoms with Crippen LogP contribution in [0.5, 0.6) is 5.75 Å². The molecule has 41 heavy (non-hydrogen) atoms. The third-order valence-corrected chi connectivity index (χ3v) is 6.78. The molecule has 1 aliphatic rings. The van der Waals surface area contributed by atoms with Gasteiger partial charge in [-0.15, -0.1) is 0 Å². The molecular formula is C35H32O6. The zero-order valence-corrected chi connectivity index (χ0v) is 23.0. The standard InChI is InChI=1S/C35H32O6/c1-2-38-34(37)16-12-29-20-28(11-14-32(29)27-10-6-9-26(19-27)23-36)33-15-13-31(41-24-25-7-4-3-5-8-25)21-30(33)22-35-39-17-18-40-35/h3-16,19-21,23,35H,2,17-18,22,24H2,1H3. The van der Waals surface area contributed by atoms with Crippen LogP contribution in [-0.4, -0.2) is 38.4 Å². The zero-order chi connectivity index (χ0) is 28.4. The highest BCUT2D eigenvalue weighted by Gasteiger charge is 2.20. The van der Waals surface area contributed by atoms with Gasteiger partial charge in [-0.3, -0.25) is 4.79 Å². The van der Waals surface area contributed by atoms with Crippen molar-refractivity contribution in [1.29, 1.82) is 0 Å². The lowest BCUT2D eigenvalue weighted by Gasteiger charge is -2.17. The summed E-state index contributed by atoms with van der Waals surface area (Å²) in [5, 5.41) is 0. The monoisotopic (exact) mass is 548 g/mol. The molecule has 0 atom stereocenters. The molecule has 6 heteroatoms. The fourth-order valence-electron chi connectivity index (χ4n) is 4.81. The molecule has 6 nitrogen and oxygen atoms in total. The Hall–Kier alpha value is -4.52. The van der Waals surface area contributed by atoms with Crippen LogP contribution in [-0.2, 0) is 32.0 Å². The largest absolute Gasteiger partial charge is 0.489 e. The van der Waals surface area contributed by atoms with Gasteiger partial charge in [0, 0.05) is 18.1 Å². The number of aldehydes is 1. The van der Waals surface area contributed by atoms with E-state index < -0.39 is 5.97 Å². The van der Waals surface area contributed by atoms with Gasteiger partial charge in [-0.1, -0.05) is 66.7 Å². The van der Waals surface area contributed by atoms with Gasteiger partial charge in [0.15, 0.2) is 6.29 Å². The molecule has 0 radical (unpaired) electrons. The summed E-state index contributed by atoms with van der Waals surface area (Å²) in [6.45, 7) is 3.68. The summed E-state index contributed by atoms with van der Waals surface area (Å²) in [4.78, 5) is 23.6. The molecular weight excluding hydrogens is 516 g/mol. The van der Waals surface area contributed by atoms with Crippen LogP contribution in [0.2, 0.25) is 0 Å². The lowest BCUT2D eigenvalue weighted by molar-refractivity contribution is -0.137. The van der Waals surface area contributed by atoms with Gasteiger partial charge in [-0.25, -0.2) is 4.79 Å². The first kappa shape index (κ1) is 28.0. The maximum atomic E-state index is 12.2. The number of rotatable bonds is 11. The Balaban J connectivity index is 1.52. The van der Waals surface area contributed by atoms with Gasteiger partial charge < -0.3 is 18.9 Å². The van der Waals surface area contributed by atoms with Crippen molar-refractivity contribution in [3.05, 3.63) is 119 Å². The van der Waals surface area contributed by atoms with Crippen LogP contribution < -0.4 is 4.74 Å². The quantitative estimate of drug-likeness (QED) is 0.115. The van der Waals surface area contributed by atoms with Crippen molar-refractivity contribution in [1.82, 2.24) is 0 Å². The number of esters is 1. The van der Waals surface area contributed by atoms with Crippen molar-refractivity contribution < 1.29 is 28.5 Å². The van der Waals surface area contributed by atoms with Crippen LogP contribution in [0.15, 0.2) is 97.1 Å². The molecule has 1 saturated heterocycles. The number of hydrogen-bond donors (Lipinski definition) is 0. The first-order valence-electron chi connectivity index (χ1n) is 13.7. The van der Waals surface area contributed by atoms with Gasteiger partial charge >= 0.3 is 5.97 Å². The van der Waals surface area contributed by atoms with Crippen molar-refractivity contribution in [2.75, 3.05) is 19.8 Å². The van der Waals surface area contributed by atoms with Gasteiger partial charge in [-0.2, -0.15) is 0 Å². The van der Waals surface area contributed by atoms with E-state index in [1.165, 1.54) is 6.08 Å². The molecule has 0 amide bonds. The molecule has 0 aliphatic carbocycles. The average molecular weight is 549 g/mol. The fraction of sp³-hybridized carbons (Fsp3) is 0.200. The van der Waals surface area contributed by atoms with E-state index in [2.05, 4.69) is 0 Å². The Kier molecular flexibility index (Phi) is 9.37. The predicted molar refractivity (Wildman–Crippen MR) is 159 cm³/mol. The van der Waals surface area contributed by atoms with Crippen LogP contribution in [0.3, 0.4) is 0 Å². The van der Waals surface area contributed by atoms with Gasteiger partial charge in [0.05, 0.1) is 19.8 Å². The SMILES string of the molecule is CCOC(=O)C=Cc1cc(-c2ccc(OCc3ccccc3)cc2CC2OCCO2)ccc1-c1cccc(C=O)c1. The molecule has 1 aliphatic heterocycles. The molecule has 0 saturated carbocycles. The number of hydrogen-bond acceptors (Lipinski definition) is 6. The van der Waals surface area contributed by atoms with Gasteiger partial charge in [0.1, 0.15) is 18.6 Å². The molecule has 4 aromatic rings. The van der Waals surface area contributed by atoms with Crippen molar-refractivity contribution in [2.45, 2.75) is 26.2 Å². The Morgan fingerprint density at radius 1 is 0.878 bits per heavy atom. The molecule has 0 bridgehead atoms. The predicted octanol–water partition coefficient (Wildman–Crippen LogP) is 6.90. The molecule has 0 unspecified atom stereocenters. The van der Waals surface area contributed by atoms with E-state index in [1.54, 1.807) is 19.1 Å². The molecule has 0 spiro atoms. The molecule has 4 aromatic carbocycles. The van der Waals surface area contributed by atoms with Crippen LogP contribution in [0.25, 0.3) is 28.3 Å². The second-order valence-corrected chi connectivity index (χ2v) is 9.60. The third kappa shape index (κ3) is 7.37. The maximum absolute atomic E-state index is 12.2. The Labute approximate surface area is 240 Å². The van der Waals surface area contributed by atoms with E-state index in [0.29, 0.717) is 38.4 Å². The van der Waals surface area contributed by atoms with Gasteiger partial charge in [-0.05, 0) is 76.2 Å². The molecule has 5 rings (SSSR count). The van der Waals surface area contributed by atoms with Crippen molar-refractivity contribution in [3.8, 4) is 28.0 Å². The molecule has 0 N–H and O–H groups in total. The van der Waals surface area contributed by atoms with Crippen molar-refractivity contribution in [3.63, 3.8) is 0 Å². The minimum Gasteiger partial charge on any atom is -0.489 e. The smallest absolute Gasteiger partial charge is 0.330 e. The lowest BCUT2D eigenvalue weighted by atomic mass is 9.91. The number of benzene rings is 4. The minimum absolute atomic E-state index is 0.296. The average Bonchev–Trinajstić information content (AvgIpc) is 3.53. The summed E-state index contributed by atoms with van der Waals surface area (Å²) < 4.78 is 22.8. The summed E-state index contributed by atoms with van der Waals surface area (Å²) in [5.41, 5.74) is 7.26. The van der Waals surface area contributed by atoms with E-state index >= 15 is 0 Å².